The van der Waals surface area contributed by atoms with Crippen molar-refractivity contribution in [1.29, 1.82) is 0 Å². The normalized spacial score (nSPS) is 11.0. The molecule has 2 aromatic heterocycles. The molecule has 0 atom stereocenters. The van der Waals surface area contributed by atoms with Crippen molar-refractivity contribution >= 4 is 28.7 Å². The molecule has 0 aliphatic carbocycles. The van der Waals surface area contributed by atoms with Crippen LogP contribution >= 0.6 is 11.6 Å². The first-order chi connectivity index (χ1) is 10.1. The second kappa shape index (κ2) is 5.21. The fourth-order valence-corrected chi connectivity index (χ4v) is 2.30. The summed E-state index contributed by atoms with van der Waals surface area (Å²) in [6.07, 6.45) is 0. The van der Waals surface area contributed by atoms with E-state index in [2.05, 4.69) is 9.97 Å². The molecule has 3 rings (SSSR count). The minimum atomic E-state index is -0.455. The Morgan fingerprint density at radius 2 is 2.10 bits per heavy atom. The molecule has 0 saturated carbocycles. The lowest BCUT2D eigenvalue weighted by Crippen LogP contribution is -2.05. The van der Waals surface area contributed by atoms with Crippen LogP contribution in [0.3, 0.4) is 0 Å². The highest BCUT2D eigenvalue weighted by Gasteiger charge is 2.12. The van der Waals surface area contributed by atoms with Crippen LogP contribution < -0.4 is 10.5 Å². The Balaban J connectivity index is 2.06. The van der Waals surface area contributed by atoms with E-state index in [-0.39, 0.29) is 5.02 Å². The summed E-state index contributed by atoms with van der Waals surface area (Å²) in [5.41, 5.74) is 8.00. The summed E-state index contributed by atoms with van der Waals surface area (Å²) in [5, 5.41) is 0.0704. The number of ether oxygens (including phenoxy) is 1. The lowest BCUT2D eigenvalue weighted by atomic mass is 10.2. The van der Waals surface area contributed by atoms with Crippen molar-refractivity contribution in [3.05, 3.63) is 46.7 Å². The number of aromatic nitrogens is 3. The maximum absolute atomic E-state index is 13.2. The Morgan fingerprint density at radius 3 is 2.81 bits per heavy atom. The summed E-state index contributed by atoms with van der Waals surface area (Å²) < 4.78 is 20.0. The van der Waals surface area contributed by atoms with Crippen LogP contribution in [0.5, 0.6) is 5.88 Å². The van der Waals surface area contributed by atoms with Crippen LogP contribution in [0.2, 0.25) is 5.02 Å². The van der Waals surface area contributed by atoms with Gasteiger partial charge in [-0.3, -0.25) is 4.57 Å². The van der Waals surface area contributed by atoms with Gasteiger partial charge < -0.3 is 10.5 Å². The molecule has 1 aromatic carbocycles. The van der Waals surface area contributed by atoms with Crippen molar-refractivity contribution in [2.75, 3.05) is 12.8 Å². The number of anilines is 1. The Hall–Kier alpha value is -2.34. The first-order valence-corrected chi connectivity index (χ1v) is 6.57. The average molecular weight is 307 g/mol. The highest BCUT2D eigenvalue weighted by molar-refractivity contribution is 6.30. The SMILES string of the molecule is COc1ccc2nc(N)n(Cc3ccc(F)c(Cl)c3)c2n1. The molecule has 2 heterocycles. The number of nitrogens with zero attached hydrogens (tertiary/aromatic N) is 3. The van der Waals surface area contributed by atoms with Gasteiger partial charge in [0.15, 0.2) is 5.65 Å². The molecule has 0 amide bonds. The van der Waals surface area contributed by atoms with Crippen LogP contribution in [-0.2, 0) is 6.54 Å². The number of benzene rings is 1. The van der Waals surface area contributed by atoms with Crippen molar-refractivity contribution in [2.24, 2.45) is 0 Å². The van der Waals surface area contributed by atoms with E-state index in [0.717, 1.165) is 5.56 Å². The van der Waals surface area contributed by atoms with Crippen molar-refractivity contribution in [3.63, 3.8) is 0 Å². The second-order valence-corrected chi connectivity index (χ2v) is 4.91. The summed E-state index contributed by atoms with van der Waals surface area (Å²) in [4.78, 5) is 8.58. The van der Waals surface area contributed by atoms with Gasteiger partial charge in [0.1, 0.15) is 11.3 Å². The third-order valence-corrected chi connectivity index (χ3v) is 3.42. The molecule has 5 nitrogen and oxygen atoms in total. The van der Waals surface area contributed by atoms with Crippen LogP contribution in [0.25, 0.3) is 11.2 Å². The number of fused-ring (bicyclic) bond motifs is 1. The second-order valence-electron chi connectivity index (χ2n) is 4.50. The highest BCUT2D eigenvalue weighted by Crippen LogP contribution is 2.22. The predicted octanol–water partition coefficient (Wildman–Crippen LogP) is 2.86. The Bertz CT molecular complexity index is 818. The lowest BCUT2D eigenvalue weighted by Gasteiger charge is -2.07. The van der Waals surface area contributed by atoms with Gasteiger partial charge in [-0.05, 0) is 23.8 Å². The third-order valence-electron chi connectivity index (χ3n) is 3.13. The van der Waals surface area contributed by atoms with E-state index in [1.165, 1.54) is 13.2 Å². The molecule has 7 heteroatoms. The molecule has 0 radical (unpaired) electrons. The summed E-state index contributed by atoms with van der Waals surface area (Å²) in [6, 6.07) is 8.02. The van der Waals surface area contributed by atoms with E-state index in [9.17, 15) is 4.39 Å². The molecule has 0 spiro atoms. The Kier molecular flexibility index (Phi) is 3.39. The van der Waals surface area contributed by atoms with Crippen LogP contribution in [0.4, 0.5) is 10.3 Å². The largest absolute Gasteiger partial charge is 0.481 e. The van der Waals surface area contributed by atoms with Crippen LogP contribution in [0.1, 0.15) is 5.56 Å². The molecule has 2 N–H and O–H groups in total. The standard InChI is InChI=1S/C14H12ClFN4O/c1-21-12-5-4-11-13(19-12)20(14(17)18-11)7-8-2-3-10(16)9(15)6-8/h2-6H,7H2,1H3,(H2,17,18). The van der Waals surface area contributed by atoms with Gasteiger partial charge in [0.2, 0.25) is 11.8 Å². The Labute approximate surface area is 125 Å². The minimum absolute atomic E-state index is 0.0704. The maximum atomic E-state index is 13.2. The summed E-state index contributed by atoms with van der Waals surface area (Å²) in [6.45, 7) is 0.391. The number of nitrogen functional groups attached to an aromatic ring is 1. The van der Waals surface area contributed by atoms with Crippen LogP contribution in [-0.4, -0.2) is 21.6 Å². The lowest BCUT2D eigenvalue weighted by molar-refractivity contribution is 0.399. The molecule has 21 heavy (non-hydrogen) atoms. The molecule has 0 saturated heterocycles. The maximum Gasteiger partial charge on any atom is 0.215 e. The number of hydrogen-bond donors (Lipinski definition) is 1. The zero-order valence-corrected chi connectivity index (χ0v) is 11.9. The molecule has 0 bridgehead atoms. The summed E-state index contributed by atoms with van der Waals surface area (Å²) in [5.74, 6) is 0.343. The predicted molar refractivity (Wildman–Crippen MR) is 79.0 cm³/mol. The molecule has 108 valence electrons. The van der Waals surface area contributed by atoms with Gasteiger partial charge in [-0.1, -0.05) is 17.7 Å². The molecule has 0 unspecified atom stereocenters. The van der Waals surface area contributed by atoms with E-state index in [4.69, 9.17) is 22.1 Å². The molecule has 3 aromatic rings. The quantitative estimate of drug-likeness (QED) is 0.808. The third kappa shape index (κ3) is 2.50. The number of halogens is 2. The first kappa shape index (κ1) is 13.6. The fourth-order valence-electron chi connectivity index (χ4n) is 2.09. The van der Waals surface area contributed by atoms with E-state index in [1.54, 1.807) is 28.8 Å². The highest BCUT2D eigenvalue weighted by atomic mass is 35.5. The minimum Gasteiger partial charge on any atom is -0.481 e. The van der Waals surface area contributed by atoms with Gasteiger partial charge in [0.05, 0.1) is 18.7 Å². The molecular formula is C14H12ClFN4O. The fraction of sp³-hybridized carbons (Fsp3) is 0.143. The van der Waals surface area contributed by atoms with Crippen molar-refractivity contribution in [1.82, 2.24) is 14.5 Å². The van der Waals surface area contributed by atoms with E-state index in [1.807, 2.05) is 0 Å². The number of hydrogen-bond acceptors (Lipinski definition) is 4. The molecule has 0 fully saturated rings. The van der Waals surface area contributed by atoms with Crippen molar-refractivity contribution < 1.29 is 9.13 Å². The number of imidazole rings is 1. The zero-order valence-electron chi connectivity index (χ0n) is 11.2. The number of methoxy groups -OCH3 is 1. The van der Waals surface area contributed by atoms with Gasteiger partial charge >= 0.3 is 0 Å². The van der Waals surface area contributed by atoms with Gasteiger partial charge in [0, 0.05) is 6.07 Å². The van der Waals surface area contributed by atoms with Gasteiger partial charge in [-0.2, -0.15) is 4.98 Å². The molecular weight excluding hydrogens is 295 g/mol. The van der Waals surface area contributed by atoms with Crippen molar-refractivity contribution in [3.8, 4) is 5.88 Å². The number of rotatable bonds is 3. The average Bonchev–Trinajstić information content (AvgIpc) is 2.78. The first-order valence-electron chi connectivity index (χ1n) is 6.19. The van der Waals surface area contributed by atoms with Gasteiger partial charge in [0.25, 0.3) is 0 Å². The monoisotopic (exact) mass is 306 g/mol. The summed E-state index contributed by atoms with van der Waals surface area (Å²) >= 11 is 5.79. The van der Waals surface area contributed by atoms with E-state index >= 15 is 0 Å². The molecule has 0 aliphatic rings. The number of nitrogens with two attached hydrogens (primary N) is 1. The van der Waals surface area contributed by atoms with E-state index < -0.39 is 5.82 Å². The molecule has 0 aliphatic heterocycles. The summed E-state index contributed by atoms with van der Waals surface area (Å²) in [7, 11) is 1.54. The zero-order chi connectivity index (χ0) is 15.0. The smallest absolute Gasteiger partial charge is 0.215 e. The van der Waals surface area contributed by atoms with Crippen LogP contribution in [0.15, 0.2) is 30.3 Å². The topological polar surface area (TPSA) is 66.0 Å². The van der Waals surface area contributed by atoms with Gasteiger partial charge in [-0.15, -0.1) is 0 Å². The van der Waals surface area contributed by atoms with Crippen molar-refractivity contribution in [2.45, 2.75) is 6.54 Å². The Morgan fingerprint density at radius 1 is 1.29 bits per heavy atom. The van der Waals surface area contributed by atoms with E-state index in [0.29, 0.717) is 29.5 Å². The van der Waals surface area contributed by atoms with Crippen LogP contribution in [0, 0.1) is 5.82 Å². The number of pyridine rings is 1. The van der Waals surface area contributed by atoms with Gasteiger partial charge in [-0.25, -0.2) is 9.37 Å².